The molecule has 7 rings (SSSR count). The van der Waals surface area contributed by atoms with Gasteiger partial charge in [0, 0.05) is 7.11 Å². The predicted octanol–water partition coefficient (Wildman–Crippen LogP) is -3.10. The van der Waals surface area contributed by atoms with Gasteiger partial charge in [0.25, 0.3) is 5.56 Å². The molecule has 6 heterocycles. The van der Waals surface area contributed by atoms with E-state index in [1.807, 2.05) is 0 Å². The highest BCUT2D eigenvalue weighted by atomic mass is 31.2. The number of aliphatic hydroxyl groups excluding tert-OH is 3. The summed E-state index contributed by atoms with van der Waals surface area (Å²) in [5, 5.41) is 31.8. The maximum atomic E-state index is 13.2. The van der Waals surface area contributed by atoms with Crippen LogP contribution in [0.3, 0.4) is 0 Å². The summed E-state index contributed by atoms with van der Waals surface area (Å²) in [4.78, 5) is 45.4. The molecular weight excluding hydrogens is 599 g/mol. The van der Waals surface area contributed by atoms with Gasteiger partial charge in [-0.1, -0.05) is 0 Å². The zero-order valence-electron chi connectivity index (χ0n) is 21.9. The molecule has 43 heavy (non-hydrogen) atoms. The van der Waals surface area contributed by atoms with E-state index in [2.05, 4.69) is 29.9 Å². The molecule has 0 spiro atoms. The quantitative estimate of drug-likeness (QED) is 0.0955. The lowest BCUT2D eigenvalue weighted by Gasteiger charge is -2.29. The Bertz CT molecular complexity index is 1830. The molecule has 2 aliphatic heterocycles. The van der Waals surface area contributed by atoms with E-state index in [1.54, 1.807) is 0 Å². The molecule has 0 radical (unpaired) electrons. The number of fused-ring (bicyclic) bond motifs is 3. The number of aliphatic hydroxyl groups is 3. The van der Waals surface area contributed by atoms with E-state index in [-0.39, 0.29) is 34.1 Å². The summed E-state index contributed by atoms with van der Waals surface area (Å²) in [7, 11) is -3.77. The van der Waals surface area contributed by atoms with Gasteiger partial charge in [-0.25, -0.2) is 24.5 Å². The molecule has 1 aliphatic carbocycles. The Hall–Kier alpha value is -3.63. The molecule has 4 aromatic rings. The number of nitrogen functional groups attached to an aromatic ring is 2. The van der Waals surface area contributed by atoms with Gasteiger partial charge in [0.15, 0.2) is 40.7 Å². The molecule has 3 aliphatic rings. The summed E-state index contributed by atoms with van der Waals surface area (Å²) in [6, 6.07) is 0. The third-order valence-corrected chi connectivity index (χ3v) is 8.77. The van der Waals surface area contributed by atoms with Crippen molar-refractivity contribution in [3.05, 3.63) is 29.3 Å². The Morgan fingerprint density at radius 2 is 1.77 bits per heavy atom. The van der Waals surface area contributed by atoms with Gasteiger partial charge >= 0.3 is 7.82 Å². The van der Waals surface area contributed by atoms with Gasteiger partial charge in [-0.05, 0) is 0 Å². The van der Waals surface area contributed by atoms with Crippen LogP contribution in [0.4, 0.5) is 11.8 Å². The number of hydrogen-bond acceptors (Lipinski definition) is 17. The number of nitrogens with zero attached hydrogens (tertiary/aromatic N) is 7. The summed E-state index contributed by atoms with van der Waals surface area (Å²) in [6.07, 6.45) is -6.84. The lowest BCUT2D eigenvalue weighted by Crippen LogP contribution is -2.40. The largest absolute Gasteiger partial charge is 0.472 e. The molecule has 0 amide bonds. The zero-order valence-corrected chi connectivity index (χ0v) is 22.8. The Morgan fingerprint density at radius 3 is 2.51 bits per heavy atom. The lowest BCUT2D eigenvalue weighted by atomic mass is 10.1. The number of ether oxygens (including phenoxy) is 3. The smallest absolute Gasteiger partial charge is 0.387 e. The Balaban J connectivity index is 1.11. The summed E-state index contributed by atoms with van der Waals surface area (Å²) in [5.41, 5.74) is 9.64. The number of anilines is 2. The first kappa shape index (κ1) is 28.2. The van der Waals surface area contributed by atoms with Crippen molar-refractivity contribution in [2.45, 2.75) is 54.7 Å². The van der Waals surface area contributed by atoms with E-state index < -0.39 is 74.7 Å². The van der Waals surface area contributed by atoms with Gasteiger partial charge in [0.2, 0.25) is 5.95 Å². The highest BCUT2D eigenvalue weighted by Gasteiger charge is 2.80. The number of phosphoric ester groups is 1. The van der Waals surface area contributed by atoms with Gasteiger partial charge in [-0.3, -0.25) is 28.0 Å². The van der Waals surface area contributed by atoms with Crippen molar-refractivity contribution in [1.82, 2.24) is 39.0 Å². The van der Waals surface area contributed by atoms with Gasteiger partial charge in [-0.2, -0.15) is 4.98 Å². The third-order valence-electron chi connectivity index (χ3n) is 7.80. The number of rotatable bonds is 8. The van der Waals surface area contributed by atoms with E-state index in [4.69, 9.17) is 34.7 Å². The summed E-state index contributed by atoms with van der Waals surface area (Å²) in [5.74, 6) is -0.122. The van der Waals surface area contributed by atoms with Crippen LogP contribution in [0.15, 0.2) is 23.8 Å². The fourth-order valence-corrected chi connectivity index (χ4v) is 6.57. The SMILES string of the molecule is CO[C@]12C(O)[C@H]1O[C@@H](n1cnc3c(=O)[nH]c(N)nc31)[C@@H]2OP(=O)(O)OC[C@H]1O[C@@H](n2cnc3c(N)ncnc32)[C@H](O)[C@@H]1O. The van der Waals surface area contributed by atoms with Gasteiger partial charge < -0.3 is 45.9 Å². The van der Waals surface area contributed by atoms with Crippen LogP contribution in [-0.4, -0.2) is 115 Å². The molecule has 230 valence electrons. The molecule has 4 aromatic heterocycles. The molecule has 9 N–H and O–H groups in total. The average Bonchev–Trinajstić information content (AvgIpc) is 3.48. The Labute approximate surface area is 238 Å². The molecule has 21 nitrogen and oxygen atoms in total. The van der Waals surface area contributed by atoms with E-state index in [0.717, 1.165) is 0 Å². The van der Waals surface area contributed by atoms with Crippen molar-refractivity contribution >= 4 is 41.9 Å². The zero-order chi connectivity index (χ0) is 30.4. The van der Waals surface area contributed by atoms with Crippen molar-refractivity contribution in [1.29, 1.82) is 0 Å². The first-order valence-electron chi connectivity index (χ1n) is 12.7. The maximum Gasteiger partial charge on any atom is 0.472 e. The monoisotopic (exact) mass is 624 g/mol. The van der Waals surface area contributed by atoms with E-state index in [9.17, 15) is 29.6 Å². The highest BCUT2D eigenvalue weighted by Crippen LogP contribution is 2.61. The molecule has 1 saturated carbocycles. The molecule has 3 fully saturated rings. The summed E-state index contributed by atoms with van der Waals surface area (Å²) < 4.78 is 43.5. The second-order valence-electron chi connectivity index (χ2n) is 10.1. The minimum Gasteiger partial charge on any atom is -0.387 e. The van der Waals surface area contributed by atoms with Crippen LogP contribution in [0.2, 0.25) is 0 Å². The number of hydrogen-bond donors (Lipinski definition) is 7. The number of nitrogens with one attached hydrogen (secondary N) is 1. The van der Waals surface area contributed by atoms with E-state index >= 15 is 0 Å². The Morgan fingerprint density at radius 1 is 1.05 bits per heavy atom. The number of imidazole rings is 2. The first-order chi connectivity index (χ1) is 20.5. The van der Waals surface area contributed by atoms with Gasteiger partial charge in [-0.15, -0.1) is 0 Å². The van der Waals surface area contributed by atoms with Crippen LogP contribution in [0.1, 0.15) is 12.5 Å². The number of aromatic nitrogens is 8. The van der Waals surface area contributed by atoms with Gasteiger partial charge in [0.05, 0.1) is 19.3 Å². The van der Waals surface area contributed by atoms with Crippen molar-refractivity contribution in [2.24, 2.45) is 0 Å². The van der Waals surface area contributed by atoms with Crippen LogP contribution in [0.25, 0.3) is 22.3 Å². The fraction of sp³-hybridized carbons (Fsp3) is 0.524. The molecule has 2 unspecified atom stereocenters. The highest BCUT2D eigenvalue weighted by molar-refractivity contribution is 7.47. The normalized spacial score (nSPS) is 35.0. The third kappa shape index (κ3) is 4.17. The van der Waals surface area contributed by atoms with Crippen molar-refractivity contribution in [3.8, 4) is 0 Å². The van der Waals surface area contributed by atoms with Crippen molar-refractivity contribution in [3.63, 3.8) is 0 Å². The standard InChI is InChI=1S/C21H25N10O11P/c1-38-21-11(34)12(21)41-19(31-5-27-8-16(31)28-20(23)29-17(8)35)13(21)42-43(36,37)39-2-6-9(32)10(33)18(40-6)30-4-26-7-14(22)24-3-25-15(7)30/h3-6,9-13,18-19,32-34H,2H2,1H3,(H,36,37)(H2,22,24,25)(H3,23,28,29,35)/t6-,9-,10-,11?,12-,13+,18-,19-,21-/m1/s1. The predicted molar refractivity (Wildman–Crippen MR) is 139 cm³/mol. The number of phosphoric acid groups is 1. The number of nitrogens with two attached hydrogens (primary N) is 2. The molecule has 10 atom stereocenters. The second kappa shape index (κ2) is 9.69. The number of methoxy groups -OCH3 is 1. The van der Waals surface area contributed by atoms with Crippen LogP contribution in [0, 0.1) is 0 Å². The lowest BCUT2D eigenvalue weighted by molar-refractivity contribution is -0.105. The average molecular weight is 624 g/mol. The molecular formula is C21H25N10O11P. The maximum absolute atomic E-state index is 13.2. The minimum absolute atomic E-state index is 0.0165. The van der Waals surface area contributed by atoms with E-state index in [1.165, 1.54) is 35.2 Å². The van der Waals surface area contributed by atoms with Crippen LogP contribution in [0.5, 0.6) is 0 Å². The molecule has 22 heteroatoms. The molecule has 2 saturated heterocycles. The molecule has 0 aromatic carbocycles. The summed E-state index contributed by atoms with van der Waals surface area (Å²) >= 11 is 0. The fourth-order valence-electron chi connectivity index (χ4n) is 5.61. The van der Waals surface area contributed by atoms with E-state index in [0.29, 0.717) is 0 Å². The minimum atomic E-state index is -5.02. The number of aromatic amines is 1. The van der Waals surface area contributed by atoms with Crippen molar-refractivity contribution in [2.75, 3.05) is 25.2 Å². The number of H-pyrrole nitrogens is 1. The second-order valence-corrected chi connectivity index (χ2v) is 11.6. The van der Waals surface area contributed by atoms with Crippen molar-refractivity contribution < 1.29 is 48.0 Å². The molecule has 0 bridgehead atoms. The summed E-state index contributed by atoms with van der Waals surface area (Å²) in [6.45, 7) is -0.710. The first-order valence-corrected chi connectivity index (χ1v) is 14.2. The van der Waals surface area contributed by atoms with Crippen LogP contribution >= 0.6 is 7.82 Å². The van der Waals surface area contributed by atoms with Crippen LogP contribution in [-0.2, 0) is 27.8 Å². The van der Waals surface area contributed by atoms with Gasteiger partial charge in [0.1, 0.15) is 48.5 Å². The topological polar surface area (TPSA) is 303 Å². The van der Waals surface area contributed by atoms with Crippen LogP contribution < -0.4 is 17.0 Å². The Kier molecular flexibility index (Phi) is 6.34.